The van der Waals surface area contributed by atoms with Crippen LogP contribution in [0.5, 0.6) is 5.75 Å². The number of benzene rings is 2. The summed E-state index contributed by atoms with van der Waals surface area (Å²) in [5.41, 5.74) is 3.01. The molecule has 0 bridgehead atoms. The molecule has 6 nitrogen and oxygen atoms in total. The van der Waals surface area contributed by atoms with E-state index in [1.807, 2.05) is 32.0 Å². The molecule has 2 aromatic carbocycles. The minimum atomic E-state index is -3.66. The number of rotatable bonds is 8. The normalized spacial score (nSPS) is 12.3. The fraction of sp³-hybridized carbons (Fsp3) is 0.381. The van der Waals surface area contributed by atoms with E-state index in [2.05, 4.69) is 5.32 Å². The van der Waals surface area contributed by atoms with Gasteiger partial charge in [-0.25, -0.2) is 8.42 Å². The molecule has 2 aromatic rings. The van der Waals surface area contributed by atoms with Crippen molar-refractivity contribution >= 4 is 33.2 Å². The smallest absolute Gasteiger partial charge is 0.241 e. The number of ether oxygens (including phenoxy) is 1. The average molecular weight is 439 g/mol. The van der Waals surface area contributed by atoms with Gasteiger partial charge in [-0.2, -0.15) is 0 Å². The lowest BCUT2D eigenvalue weighted by Crippen LogP contribution is -2.41. The summed E-state index contributed by atoms with van der Waals surface area (Å²) in [7, 11) is -2.05. The summed E-state index contributed by atoms with van der Waals surface area (Å²) in [6.07, 6.45) is 1.74. The molecule has 1 atom stereocenters. The number of hydrogen-bond donors (Lipinski definition) is 1. The molecule has 158 valence electrons. The molecule has 29 heavy (non-hydrogen) atoms. The molecule has 0 heterocycles. The van der Waals surface area contributed by atoms with E-state index in [0.29, 0.717) is 22.7 Å². The second kappa shape index (κ2) is 9.50. The number of sulfonamides is 1. The van der Waals surface area contributed by atoms with Crippen molar-refractivity contribution in [3.8, 4) is 5.75 Å². The number of hydrogen-bond acceptors (Lipinski definition) is 4. The molecule has 0 saturated heterocycles. The summed E-state index contributed by atoms with van der Waals surface area (Å²) >= 11 is 5.98. The number of nitrogens with zero attached hydrogens (tertiary/aromatic N) is 1. The van der Waals surface area contributed by atoms with E-state index < -0.39 is 10.0 Å². The first-order valence-corrected chi connectivity index (χ1v) is 11.5. The van der Waals surface area contributed by atoms with Crippen molar-refractivity contribution in [1.82, 2.24) is 5.32 Å². The number of amides is 1. The first-order valence-electron chi connectivity index (χ1n) is 9.24. The average Bonchev–Trinajstić information content (AvgIpc) is 2.64. The molecule has 0 aromatic heterocycles. The van der Waals surface area contributed by atoms with Gasteiger partial charge in [-0.05, 0) is 61.2 Å². The highest BCUT2D eigenvalue weighted by atomic mass is 35.5. The molecule has 0 spiro atoms. The SMILES string of the molecule is CCC(NC(=O)CN(c1ccc(Cl)cc1C)S(C)(=O)=O)c1ccc(OC)c(C)c1. The van der Waals surface area contributed by atoms with E-state index in [9.17, 15) is 13.2 Å². The summed E-state index contributed by atoms with van der Waals surface area (Å²) in [5.74, 6) is 0.390. The van der Waals surface area contributed by atoms with Gasteiger partial charge in [0.05, 0.1) is 25.1 Å². The topological polar surface area (TPSA) is 75.7 Å². The Hall–Kier alpha value is -2.25. The van der Waals surface area contributed by atoms with E-state index in [4.69, 9.17) is 16.3 Å². The molecule has 1 amide bonds. The largest absolute Gasteiger partial charge is 0.496 e. The Morgan fingerprint density at radius 2 is 1.86 bits per heavy atom. The minimum absolute atomic E-state index is 0.236. The Morgan fingerprint density at radius 3 is 2.38 bits per heavy atom. The van der Waals surface area contributed by atoms with Crippen LogP contribution in [-0.2, 0) is 14.8 Å². The highest BCUT2D eigenvalue weighted by molar-refractivity contribution is 7.92. The summed E-state index contributed by atoms with van der Waals surface area (Å²) in [6.45, 7) is 5.34. The number of nitrogens with one attached hydrogen (secondary N) is 1. The van der Waals surface area contributed by atoms with Crippen LogP contribution < -0.4 is 14.4 Å². The van der Waals surface area contributed by atoms with Crippen molar-refractivity contribution in [1.29, 1.82) is 0 Å². The minimum Gasteiger partial charge on any atom is -0.496 e. The van der Waals surface area contributed by atoms with Gasteiger partial charge in [-0.1, -0.05) is 30.7 Å². The third kappa shape index (κ3) is 5.87. The van der Waals surface area contributed by atoms with Crippen LogP contribution in [-0.4, -0.2) is 34.2 Å². The maximum Gasteiger partial charge on any atom is 0.241 e. The van der Waals surface area contributed by atoms with Crippen LogP contribution in [0.15, 0.2) is 36.4 Å². The van der Waals surface area contributed by atoms with Gasteiger partial charge in [0, 0.05) is 5.02 Å². The Bertz CT molecular complexity index is 992. The van der Waals surface area contributed by atoms with Crippen molar-refractivity contribution in [3.05, 3.63) is 58.1 Å². The van der Waals surface area contributed by atoms with Crippen LogP contribution in [0, 0.1) is 13.8 Å². The van der Waals surface area contributed by atoms with E-state index in [-0.39, 0.29) is 18.5 Å². The third-order valence-electron chi connectivity index (χ3n) is 4.68. The van der Waals surface area contributed by atoms with Crippen LogP contribution in [0.2, 0.25) is 5.02 Å². The molecule has 0 aliphatic heterocycles. The summed E-state index contributed by atoms with van der Waals surface area (Å²) in [4.78, 5) is 12.7. The quantitative estimate of drug-likeness (QED) is 0.675. The summed E-state index contributed by atoms with van der Waals surface area (Å²) in [5, 5.41) is 3.44. The predicted octanol–water partition coefficient (Wildman–Crippen LogP) is 4.00. The number of aryl methyl sites for hydroxylation is 2. The zero-order chi connectivity index (χ0) is 21.8. The van der Waals surface area contributed by atoms with Crippen molar-refractivity contribution in [3.63, 3.8) is 0 Å². The molecule has 0 fully saturated rings. The highest BCUT2D eigenvalue weighted by Gasteiger charge is 2.24. The Morgan fingerprint density at radius 1 is 1.17 bits per heavy atom. The van der Waals surface area contributed by atoms with Gasteiger partial charge in [-0.15, -0.1) is 0 Å². The zero-order valence-corrected chi connectivity index (χ0v) is 18.9. The molecule has 2 rings (SSSR count). The Balaban J connectivity index is 2.24. The van der Waals surface area contributed by atoms with Gasteiger partial charge in [0.15, 0.2) is 0 Å². The zero-order valence-electron chi connectivity index (χ0n) is 17.3. The van der Waals surface area contributed by atoms with Gasteiger partial charge in [-0.3, -0.25) is 9.10 Å². The lowest BCUT2D eigenvalue weighted by atomic mass is 10.0. The second-order valence-corrected chi connectivity index (χ2v) is 9.30. The first-order chi connectivity index (χ1) is 13.6. The third-order valence-corrected chi connectivity index (χ3v) is 6.04. The van der Waals surface area contributed by atoms with E-state index in [1.165, 1.54) is 0 Å². The van der Waals surface area contributed by atoms with Gasteiger partial charge in [0.2, 0.25) is 15.9 Å². The molecule has 1 N–H and O–H groups in total. The Labute approximate surface area is 177 Å². The van der Waals surface area contributed by atoms with Crippen molar-refractivity contribution in [2.24, 2.45) is 0 Å². The molecular formula is C21H27ClN2O4S. The molecule has 0 saturated carbocycles. The molecule has 1 unspecified atom stereocenters. The maximum atomic E-state index is 12.7. The van der Waals surface area contributed by atoms with Gasteiger partial charge >= 0.3 is 0 Å². The molecule has 0 aliphatic rings. The van der Waals surface area contributed by atoms with E-state index in [0.717, 1.165) is 27.4 Å². The summed E-state index contributed by atoms with van der Waals surface area (Å²) < 4.78 is 31.1. The predicted molar refractivity (Wildman–Crippen MR) is 117 cm³/mol. The monoisotopic (exact) mass is 438 g/mol. The van der Waals surface area contributed by atoms with Crippen LogP contribution in [0.4, 0.5) is 5.69 Å². The van der Waals surface area contributed by atoms with Gasteiger partial charge in [0.1, 0.15) is 12.3 Å². The number of carbonyl (C=O) groups is 1. The van der Waals surface area contributed by atoms with Crippen LogP contribution >= 0.6 is 11.6 Å². The molecule has 0 radical (unpaired) electrons. The van der Waals surface area contributed by atoms with Crippen molar-refractivity contribution in [2.45, 2.75) is 33.2 Å². The Kier molecular flexibility index (Phi) is 7.54. The second-order valence-electron chi connectivity index (χ2n) is 6.96. The van der Waals surface area contributed by atoms with Gasteiger partial charge in [0.25, 0.3) is 0 Å². The maximum absolute atomic E-state index is 12.7. The van der Waals surface area contributed by atoms with Crippen LogP contribution in [0.1, 0.15) is 36.1 Å². The summed E-state index contributed by atoms with van der Waals surface area (Å²) in [6, 6.07) is 10.4. The number of halogens is 1. The van der Waals surface area contributed by atoms with Gasteiger partial charge < -0.3 is 10.1 Å². The molecule has 0 aliphatic carbocycles. The molecular weight excluding hydrogens is 412 g/mol. The number of methoxy groups -OCH3 is 1. The highest BCUT2D eigenvalue weighted by Crippen LogP contribution is 2.27. The van der Waals surface area contributed by atoms with Crippen molar-refractivity contribution < 1.29 is 17.9 Å². The van der Waals surface area contributed by atoms with E-state index >= 15 is 0 Å². The lowest BCUT2D eigenvalue weighted by molar-refractivity contribution is -0.120. The lowest BCUT2D eigenvalue weighted by Gasteiger charge is -2.25. The number of anilines is 1. The van der Waals surface area contributed by atoms with E-state index in [1.54, 1.807) is 32.2 Å². The first kappa shape index (κ1) is 23.0. The van der Waals surface area contributed by atoms with Crippen molar-refractivity contribution in [2.75, 3.05) is 24.2 Å². The fourth-order valence-electron chi connectivity index (χ4n) is 3.19. The molecule has 8 heteroatoms. The number of carbonyl (C=O) groups excluding carboxylic acids is 1. The van der Waals surface area contributed by atoms with Crippen LogP contribution in [0.3, 0.4) is 0 Å². The fourth-order valence-corrected chi connectivity index (χ4v) is 4.33. The van der Waals surface area contributed by atoms with Crippen LogP contribution in [0.25, 0.3) is 0 Å². The standard InChI is InChI=1S/C21H27ClN2O4S/c1-6-18(16-7-10-20(28-4)15(3)11-16)23-21(25)13-24(29(5,26)27)19-9-8-17(22)12-14(19)2/h7-12,18H,6,13H2,1-5H3,(H,23,25).